The molecule has 1 atom stereocenters. The van der Waals surface area contributed by atoms with Crippen molar-refractivity contribution in [2.45, 2.75) is 51.5 Å². The minimum absolute atomic E-state index is 0.332. The van der Waals surface area contributed by atoms with Gasteiger partial charge in [-0.3, -0.25) is 0 Å². The van der Waals surface area contributed by atoms with Gasteiger partial charge in [0, 0.05) is 30.9 Å². The second kappa shape index (κ2) is 5.77. The molecule has 1 aliphatic heterocycles. The number of hydrogen-bond donors (Lipinski definition) is 1. The standard InChI is InChI=1S/C18H28N2/c1-3-4-5-15-6-10-17(11-7-15)20-13-12-19-18(2,14-20)16-8-9-16/h6-7,10-11,16,19H,3-5,8-9,12-14H2,1-2H3. The van der Waals surface area contributed by atoms with Crippen molar-refractivity contribution in [3.05, 3.63) is 29.8 Å². The average Bonchev–Trinajstić information content (AvgIpc) is 3.31. The van der Waals surface area contributed by atoms with E-state index < -0.39 is 0 Å². The van der Waals surface area contributed by atoms with Gasteiger partial charge < -0.3 is 10.2 Å². The molecule has 110 valence electrons. The van der Waals surface area contributed by atoms with Gasteiger partial charge in [-0.15, -0.1) is 0 Å². The van der Waals surface area contributed by atoms with Crippen molar-refractivity contribution in [2.24, 2.45) is 5.92 Å². The third-order valence-corrected chi connectivity index (χ3v) is 5.03. The van der Waals surface area contributed by atoms with Crippen LogP contribution in [0.15, 0.2) is 24.3 Å². The number of rotatable bonds is 5. The van der Waals surface area contributed by atoms with E-state index in [0.29, 0.717) is 5.54 Å². The third kappa shape index (κ3) is 3.01. The molecule has 0 amide bonds. The van der Waals surface area contributed by atoms with E-state index in [4.69, 9.17) is 0 Å². The molecule has 1 aromatic rings. The maximum atomic E-state index is 3.75. The Bertz CT molecular complexity index is 435. The fourth-order valence-electron chi connectivity index (χ4n) is 3.48. The summed E-state index contributed by atoms with van der Waals surface area (Å²) in [6, 6.07) is 9.29. The fourth-order valence-corrected chi connectivity index (χ4v) is 3.48. The van der Waals surface area contributed by atoms with Crippen LogP contribution in [0.5, 0.6) is 0 Å². The minimum atomic E-state index is 0.332. The summed E-state index contributed by atoms with van der Waals surface area (Å²) in [5, 5.41) is 3.75. The lowest BCUT2D eigenvalue weighted by molar-refractivity contribution is 0.285. The summed E-state index contributed by atoms with van der Waals surface area (Å²) in [6.45, 7) is 8.08. The van der Waals surface area contributed by atoms with Crippen LogP contribution >= 0.6 is 0 Å². The van der Waals surface area contributed by atoms with Crippen molar-refractivity contribution in [1.29, 1.82) is 0 Å². The predicted octanol–water partition coefficient (Wildman–Crippen LogP) is 3.61. The normalized spacial score (nSPS) is 26.8. The van der Waals surface area contributed by atoms with Crippen molar-refractivity contribution in [1.82, 2.24) is 5.32 Å². The Hall–Kier alpha value is -1.02. The molecule has 2 fully saturated rings. The van der Waals surface area contributed by atoms with Crippen LogP contribution in [0.4, 0.5) is 5.69 Å². The molecule has 1 aromatic carbocycles. The lowest BCUT2D eigenvalue weighted by atomic mass is 9.92. The van der Waals surface area contributed by atoms with Gasteiger partial charge in [-0.05, 0) is 56.2 Å². The maximum Gasteiger partial charge on any atom is 0.0367 e. The fraction of sp³-hybridized carbons (Fsp3) is 0.667. The Labute approximate surface area is 123 Å². The van der Waals surface area contributed by atoms with E-state index in [1.54, 1.807) is 0 Å². The Balaban J connectivity index is 1.65. The SMILES string of the molecule is CCCCc1ccc(N2CCNC(C)(C3CC3)C2)cc1. The number of unbranched alkanes of at least 4 members (excludes halogenated alkanes) is 1. The molecule has 3 rings (SSSR count). The minimum Gasteiger partial charge on any atom is -0.368 e. The molecule has 1 heterocycles. The Kier molecular flexibility index (Phi) is 4.02. The van der Waals surface area contributed by atoms with Gasteiger partial charge in [-0.1, -0.05) is 25.5 Å². The van der Waals surface area contributed by atoms with E-state index in [-0.39, 0.29) is 0 Å². The van der Waals surface area contributed by atoms with E-state index in [0.717, 1.165) is 25.6 Å². The lowest BCUT2D eigenvalue weighted by Gasteiger charge is -2.43. The van der Waals surface area contributed by atoms with Crippen LogP contribution in [0, 0.1) is 5.92 Å². The first-order valence-corrected chi connectivity index (χ1v) is 8.30. The molecule has 0 bridgehead atoms. The summed E-state index contributed by atoms with van der Waals surface area (Å²) in [6.07, 6.45) is 6.62. The molecule has 20 heavy (non-hydrogen) atoms. The second-order valence-electron chi connectivity index (χ2n) is 6.81. The molecule has 1 aliphatic carbocycles. The van der Waals surface area contributed by atoms with Crippen molar-refractivity contribution >= 4 is 5.69 Å². The summed E-state index contributed by atoms with van der Waals surface area (Å²) in [7, 11) is 0. The molecular weight excluding hydrogens is 244 g/mol. The topological polar surface area (TPSA) is 15.3 Å². The molecule has 1 saturated carbocycles. The monoisotopic (exact) mass is 272 g/mol. The number of piperazine rings is 1. The van der Waals surface area contributed by atoms with E-state index >= 15 is 0 Å². The summed E-state index contributed by atoms with van der Waals surface area (Å²) in [5.74, 6) is 0.897. The summed E-state index contributed by atoms with van der Waals surface area (Å²) < 4.78 is 0. The maximum absolute atomic E-state index is 3.75. The molecule has 0 aromatic heterocycles. The van der Waals surface area contributed by atoms with Gasteiger partial charge in [0.25, 0.3) is 0 Å². The van der Waals surface area contributed by atoms with Crippen molar-refractivity contribution in [2.75, 3.05) is 24.5 Å². The number of benzene rings is 1. The van der Waals surface area contributed by atoms with Gasteiger partial charge >= 0.3 is 0 Å². The zero-order valence-electron chi connectivity index (χ0n) is 13.0. The molecule has 0 radical (unpaired) electrons. The van der Waals surface area contributed by atoms with E-state index in [1.807, 2.05) is 0 Å². The molecule has 0 spiro atoms. The number of anilines is 1. The van der Waals surface area contributed by atoms with Crippen LogP contribution in [-0.2, 0) is 6.42 Å². The molecule has 1 saturated heterocycles. The zero-order chi connectivity index (χ0) is 14.0. The number of hydrogen-bond acceptors (Lipinski definition) is 2. The van der Waals surface area contributed by atoms with Crippen molar-refractivity contribution in [3.63, 3.8) is 0 Å². The Morgan fingerprint density at radius 2 is 2.00 bits per heavy atom. The van der Waals surface area contributed by atoms with Gasteiger partial charge in [-0.25, -0.2) is 0 Å². The first-order valence-electron chi connectivity index (χ1n) is 8.30. The van der Waals surface area contributed by atoms with Crippen LogP contribution in [-0.4, -0.2) is 25.2 Å². The molecule has 2 nitrogen and oxygen atoms in total. The highest BCUT2D eigenvalue weighted by Gasteiger charge is 2.43. The van der Waals surface area contributed by atoms with Gasteiger partial charge in [-0.2, -0.15) is 0 Å². The molecule has 2 aliphatic rings. The second-order valence-corrected chi connectivity index (χ2v) is 6.81. The van der Waals surface area contributed by atoms with E-state index in [2.05, 4.69) is 48.3 Å². The predicted molar refractivity (Wildman–Crippen MR) is 86.4 cm³/mol. The Morgan fingerprint density at radius 1 is 1.25 bits per heavy atom. The first-order chi connectivity index (χ1) is 9.71. The number of nitrogens with zero attached hydrogens (tertiary/aromatic N) is 1. The zero-order valence-corrected chi connectivity index (χ0v) is 13.0. The average molecular weight is 272 g/mol. The Morgan fingerprint density at radius 3 is 2.65 bits per heavy atom. The van der Waals surface area contributed by atoms with Gasteiger partial charge in [0.1, 0.15) is 0 Å². The first kappa shape index (κ1) is 13.9. The number of nitrogens with one attached hydrogen (secondary N) is 1. The smallest absolute Gasteiger partial charge is 0.0367 e. The van der Waals surface area contributed by atoms with Crippen LogP contribution in [0.3, 0.4) is 0 Å². The van der Waals surface area contributed by atoms with Crippen LogP contribution < -0.4 is 10.2 Å². The largest absolute Gasteiger partial charge is 0.368 e. The lowest BCUT2D eigenvalue weighted by Crippen LogP contribution is -2.60. The summed E-state index contributed by atoms with van der Waals surface area (Å²) >= 11 is 0. The highest BCUT2D eigenvalue weighted by Crippen LogP contribution is 2.41. The van der Waals surface area contributed by atoms with E-state index in [1.165, 1.54) is 43.4 Å². The summed E-state index contributed by atoms with van der Waals surface area (Å²) in [4.78, 5) is 2.57. The van der Waals surface area contributed by atoms with Crippen LogP contribution in [0.2, 0.25) is 0 Å². The third-order valence-electron chi connectivity index (χ3n) is 5.03. The molecular formula is C18H28N2. The van der Waals surface area contributed by atoms with Crippen LogP contribution in [0.1, 0.15) is 45.1 Å². The van der Waals surface area contributed by atoms with E-state index in [9.17, 15) is 0 Å². The molecule has 1 unspecified atom stereocenters. The van der Waals surface area contributed by atoms with Gasteiger partial charge in [0.05, 0.1) is 0 Å². The van der Waals surface area contributed by atoms with Crippen molar-refractivity contribution in [3.8, 4) is 0 Å². The number of aryl methyl sites for hydroxylation is 1. The summed E-state index contributed by atoms with van der Waals surface area (Å²) in [5.41, 5.74) is 3.22. The molecule has 1 N–H and O–H groups in total. The highest BCUT2D eigenvalue weighted by atomic mass is 15.2. The van der Waals surface area contributed by atoms with Crippen molar-refractivity contribution < 1.29 is 0 Å². The highest BCUT2D eigenvalue weighted by molar-refractivity contribution is 5.49. The van der Waals surface area contributed by atoms with Gasteiger partial charge in [0.15, 0.2) is 0 Å². The quantitative estimate of drug-likeness (QED) is 0.881. The molecule has 2 heteroatoms. The van der Waals surface area contributed by atoms with Gasteiger partial charge in [0.2, 0.25) is 0 Å². The van der Waals surface area contributed by atoms with Crippen LogP contribution in [0.25, 0.3) is 0 Å².